The Morgan fingerprint density at radius 1 is 1.53 bits per heavy atom. The van der Waals surface area contributed by atoms with Crippen molar-refractivity contribution in [3.8, 4) is 0 Å². The van der Waals surface area contributed by atoms with Crippen molar-refractivity contribution < 1.29 is 14.3 Å². The summed E-state index contributed by atoms with van der Waals surface area (Å²) >= 11 is 0. The van der Waals surface area contributed by atoms with E-state index in [9.17, 15) is 4.79 Å². The molecule has 1 aliphatic heterocycles. The third-order valence-electron chi connectivity index (χ3n) is 3.14. The summed E-state index contributed by atoms with van der Waals surface area (Å²) in [4.78, 5) is 18.1. The van der Waals surface area contributed by atoms with Gasteiger partial charge >= 0.3 is 5.97 Å². The standard InChI is InChI=1S/C13H25N3O3/c1-4-19-12(17)11-6-5-8-16(10-11)13(14-2)15-7-9-18-3/h11H,4-10H2,1-3H3,(H,14,15). The van der Waals surface area contributed by atoms with Gasteiger partial charge in [0.25, 0.3) is 0 Å². The van der Waals surface area contributed by atoms with Crippen molar-refractivity contribution in [1.29, 1.82) is 0 Å². The Labute approximate surface area is 115 Å². The number of esters is 1. The van der Waals surface area contributed by atoms with Gasteiger partial charge in [0, 0.05) is 33.8 Å². The monoisotopic (exact) mass is 271 g/mol. The summed E-state index contributed by atoms with van der Waals surface area (Å²) in [6.45, 7) is 5.21. The van der Waals surface area contributed by atoms with E-state index >= 15 is 0 Å². The minimum atomic E-state index is -0.0976. The normalized spacial score (nSPS) is 20.3. The molecule has 0 radical (unpaired) electrons. The van der Waals surface area contributed by atoms with Gasteiger partial charge in [-0.1, -0.05) is 0 Å². The van der Waals surface area contributed by atoms with E-state index in [-0.39, 0.29) is 11.9 Å². The highest BCUT2D eigenvalue weighted by Gasteiger charge is 2.28. The number of carbonyl (C=O) groups is 1. The summed E-state index contributed by atoms with van der Waals surface area (Å²) in [6, 6.07) is 0. The Balaban J connectivity index is 2.50. The van der Waals surface area contributed by atoms with E-state index in [1.165, 1.54) is 0 Å². The first-order valence-electron chi connectivity index (χ1n) is 6.84. The number of nitrogens with zero attached hydrogens (tertiary/aromatic N) is 2. The molecule has 0 amide bonds. The lowest BCUT2D eigenvalue weighted by molar-refractivity contribution is -0.149. The van der Waals surface area contributed by atoms with Crippen molar-refractivity contribution >= 4 is 11.9 Å². The summed E-state index contributed by atoms with van der Waals surface area (Å²) in [7, 11) is 3.42. The molecule has 1 fully saturated rings. The van der Waals surface area contributed by atoms with Gasteiger partial charge in [-0.3, -0.25) is 9.79 Å². The maximum Gasteiger partial charge on any atom is 0.310 e. The average Bonchev–Trinajstić information content (AvgIpc) is 2.44. The van der Waals surface area contributed by atoms with Gasteiger partial charge in [0.1, 0.15) is 0 Å². The molecule has 19 heavy (non-hydrogen) atoms. The lowest BCUT2D eigenvalue weighted by atomic mass is 9.98. The summed E-state index contributed by atoms with van der Waals surface area (Å²) in [5, 5.41) is 3.23. The summed E-state index contributed by atoms with van der Waals surface area (Å²) in [5.41, 5.74) is 0. The van der Waals surface area contributed by atoms with Crippen LogP contribution in [0.25, 0.3) is 0 Å². The minimum absolute atomic E-state index is 0.0466. The number of methoxy groups -OCH3 is 1. The minimum Gasteiger partial charge on any atom is -0.466 e. The number of likely N-dealkylation sites (tertiary alicyclic amines) is 1. The second-order valence-corrected chi connectivity index (χ2v) is 4.50. The van der Waals surface area contributed by atoms with E-state index in [4.69, 9.17) is 9.47 Å². The fraction of sp³-hybridized carbons (Fsp3) is 0.846. The van der Waals surface area contributed by atoms with E-state index in [2.05, 4.69) is 15.2 Å². The molecule has 0 saturated carbocycles. The van der Waals surface area contributed by atoms with E-state index in [0.29, 0.717) is 26.3 Å². The number of carbonyl (C=O) groups excluding carboxylic acids is 1. The zero-order valence-corrected chi connectivity index (χ0v) is 12.1. The van der Waals surface area contributed by atoms with Crippen molar-refractivity contribution in [2.24, 2.45) is 10.9 Å². The Bertz CT molecular complexity index is 308. The molecule has 1 saturated heterocycles. The number of hydrogen-bond acceptors (Lipinski definition) is 4. The first kappa shape index (κ1) is 15.8. The molecular formula is C13H25N3O3. The van der Waals surface area contributed by atoms with Crippen LogP contribution in [0.4, 0.5) is 0 Å². The highest BCUT2D eigenvalue weighted by Crippen LogP contribution is 2.17. The lowest BCUT2D eigenvalue weighted by Gasteiger charge is -2.33. The van der Waals surface area contributed by atoms with Gasteiger partial charge in [-0.05, 0) is 19.8 Å². The summed E-state index contributed by atoms with van der Waals surface area (Å²) < 4.78 is 10.1. The average molecular weight is 271 g/mol. The van der Waals surface area contributed by atoms with E-state index in [1.807, 2.05) is 6.92 Å². The second-order valence-electron chi connectivity index (χ2n) is 4.50. The number of ether oxygens (including phenoxy) is 2. The molecule has 6 heteroatoms. The maximum absolute atomic E-state index is 11.8. The van der Waals surface area contributed by atoms with Crippen molar-refractivity contribution in [3.05, 3.63) is 0 Å². The number of guanidine groups is 1. The molecule has 0 aromatic heterocycles. The predicted molar refractivity (Wildman–Crippen MR) is 74.2 cm³/mol. The van der Waals surface area contributed by atoms with Crippen molar-refractivity contribution in [2.45, 2.75) is 19.8 Å². The van der Waals surface area contributed by atoms with Crippen molar-refractivity contribution in [1.82, 2.24) is 10.2 Å². The van der Waals surface area contributed by atoms with Crippen LogP contribution in [0.5, 0.6) is 0 Å². The number of nitrogens with one attached hydrogen (secondary N) is 1. The molecule has 1 N–H and O–H groups in total. The van der Waals surface area contributed by atoms with Crippen LogP contribution >= 0.6 is 0 Å². The molecule has 0 aromatic carbocycles. The molecular weight excluding hydrogens is 246 g/mol. The van der Waals surface area contributed by atoms with Gasteiger partial charge in [0.15, 0.2) is 5.96 Å². The first-order chi connectivity index (χ1) is 9.22. The maximum atomic E-state index is 11.8. The van der Waals surface area contributed by atoms with Gasteiger partial charge in [-0.2, -0.15) is 0 Å². The van der Waals surface area contributed by atoms with Crippen LogP contribution in [0.1, 0.15) is 19.8 Å². The van der Waals surface area contributed by atoms with Crippen LogP contribution in [0.15, 0.2) is 4.99 Å². The molecule has 1 heterocycles. The van der Waals surface area contributed by atoms with Crippen LogP contribution < -0.4 is 5.32 Å². The van der Waals surface area contributed by atoms with Gasteiger partial charge in [-0.25, -0.2) is 0 Å². The van der Waals surface area contributed by atoms with Crippen molar-refractivity contribution in [3.63, 3.8) is 0 Å². The van der Waals surface area contributed by atoms with Gasteiger partial charge in [-0.15, -0.1) is 0 Å². The second kappa shape index (κ2) is 8.74. The fourth-order valence-electron chi connectivity index (χ4n) is 2.22. The predicted octanol–water partition coefficient (Wildman–Crippen LogP) is 0.483. The van der Waals surface area contributed by atoms with Crippen molar-refractivity contribution in [2.75, 3.05) is 47.0 Å². The third-order valence-corrected chi connectivity index (χ3v) is 3.14. The van der Waals surface area contributed by atoms with Gasteiger partial charge in [0.2, 0.25) is 0 Å². The van der Waals surface area contributed by atoms with Crippen LogP contribution in [0.3, 0.4) is 0 Å². The molecule has 0 aliphatic carbocycles. The summed E-state index contributed by atoms with van der Waals surface area (Å²) in [5.74, 6) is 0.681. The van der Waals surface area contributed by atoms with Gasteiger partial charge < -0.3 is 19.7 Å². The Kier molecular flexibility index (Phi) is 7.25. The quantitative estimate of drug-likeness (QED) is 0.341. The number of rotatable bonds is 5. The van der Waals surface area contributed by atoms with Crippen LogP contribution in [0.2, 0.25) is 0 Å². The Hall–Kier alpha value is -1.30. The van der Waals surface area contributed by atoms with Crippen LogP contribution in [-0.2, 0) is 14.3 Å². The highest BCUT2D eigenvalue weighted by molar-refractivity contribution is 5.81. The largest absolute Gasteiger partial charge is 0.466 e. The molecule has 1 atom stereocenters. The Morgan fingerprint density at radius 3 is 2.95 bits per heavy atom. The molecule has 1 aliphatic rings. The van der Waals surface area contributed by atoms with Crippen LogP contribution in [-0.4, -0.2) is 63.8 Å². The molecule has 0 aromatic rings. The first-order valence-corrected chi connectivity index (χ1v) is 6.84. The molecule has 110 valence electrons. The van der Waals surface area contributed by atoms with Crippen LogP contribution in [0, 0.1) is 5.92 Å². The van der Waals surface area contributed by atoms with E-state index in [0.717, 1.165) is 25.3 Å². The third kappa shape index (κ3) is 5.06. The topological polar surface area (TPSA) is 63.2 Å². The van der Waals surface area contributed by atoms with E-state index in [1.54, 1.807) is 14.2 Å². The SMILES string of the molecule is CCOC(=O)C1CCCN(C(=NC)NCCOC)C1. The highest BCUT2D eigenvalue weighted by atomic mass is 16.5. The van der Waals surface area contributed by atoms with E-state index < -0.39 is 0 Å². The summed E-state index contributed by atoms with van der Waals surface area (Å²) in [6.07, 6.45) is 1.87. The molecule has 1 unspecified atom stereocenters. The number of aliphatic imine (C=N–C) groups is 1. The number of piperidine rings is 1. The molecule has 0 spiro atoms. The molecule has 1 rings (SSSR count). The Morgan fingerprint density at radius 2 is 2.32 bits per heavy atom. The lowest BCUT2D eigenvalue weighted by Crippen LogP contribution is -2.48. The fourth-order valence-corrected chi connectivity index (χ4v) is 2.22. The zero-order chi connectivity index (χ0) is 14.1. The van der Waals surface area contributed by atoms with Gasteiger partial charge in [0.05, 0.1) is 19.1 Å². The zero-order valence-electron chi connectivity index (χ0n) is 12.1. The smallest absolute Gasteiger partial charge is 0.310 e. The molecule has 0 bridgehead atoms. The number of hydrogen-bond donors (Lipinski definition) is 1. The molecule has 6 nitrogen and oxygen atoms in total.